The Kier molecular flexibility index (Phi) is 8.91. The van der Waals surface area contributed by atoms with E-state index in [0.717, 1.165) is 5.56 Å². The molecule has 12 heteroatoms. The molecular weight excluding hydrogens is 497 g/mol. The summed E-state index contributed by atoms with van der Waals surface area (Å²) in [6.07, 6.45) is 1.92. The summed E-state index contributed by atoms with van der Waals surface area (Å²) in [4.78, 5) is 21.7. The normalized spacial score (nSPS) is 20.0. The molecule has 0 spiro atoms. The lowest BCUT2D eigenvalue weighted by atomic mass is 9.79. The molecule has 0 fully saturated rings. The van der Waals surface area contributed by atoms with E-state index < -0.39 is 22.3 Å². The van der Waals surface area contributed by atoms with Gasteiger partial charge in [-0.1, -0.05) is 69.4 Å². The number of aliphatic hydroxyl groups is 1. The summed E-state index contributed by atoms with van der Waals surface area (Å²) in [7, 11) is 0. The van der Waals surface area contributed by atoms with E-state index in [9.17, 15) is 14.7 Å². The zero-order valence-electron chi connectivity index (χ0n) is 14.7. The van der Waals surface area contributed by atoms with Gasteiger partial charge in [0.2, 0.25) is 5.54 Å². The number of hydrogen-bond donors (Lipinski definition) is 1. The summed E-state index contributed by atoms with van der Waals surface area (Å²) in [6.45, 7) is 0. The van der Waals surface area contributed by atoms with E-state index in [1.165, 1.54) is 12.1 Å². The van der Waals surface area contributed by atoms with Crippen molar-refractivity contribution in [1.29, 1.82) is 0 Å². The molecule has 1 aliphatic rings. The maximum absolute atomic E-state index is 12.2. The lowest BCUT2D eigenvalue weighted by Gasteiger charge is -2.32. The van der Waals surface area contributed by atoms with Crippen LogP contribution in [0.25, 0.3) is 6.08 Å². The highest BCUT2D eigenvalue weighted by molar-refractivity contribution is 6.65. The first-order valence-corrected chi connectivity index (χ1v) is 9.82. The predicted molar refractivity (Wildman–Crippen MR) is 117 cm³/mol. The molecule has 2 atom stereocenters. The first-order valence-electron chi connectivity index (χ1n) is 7.97. The largest absolute Gasteiger partial charge is 0.385 e. The van der Waals surface area contributed by atoms with Gasteiger partial charge in [-0.05, 0) is 47.0 Å². The van der Waals surface area contributed by atoms with E-state index in [1.54, 1.807) is 36.4 Å². The van der Waals surface area contributed by atoms with Gasteiger partial charge in [0.1, 0.15) is 11.8 Å². The number of halogens is 5. The Bertz CT molecular complexity index is 1040. The maximum Gasteiger partial charge on any atom is 0.359 e. The minimum atomic E-state index is -1.74. The van der Waals surface area contributed by atoms with Crippen LogP contribution in [0, 0.1) is 0 Å². The molecule has 0 aromatic heterocycles. The van der Waals surface area contributed by atoms with Gasteiger partial charge in [-0.3, -0.25) is 9.59 Å². The number of aliphatic hydroxyl groups excluding tert-OH is 1. The van der Waals surface area contributed by atoms with Gasteiger partial charge in [0.05, 0.1) is 16.8 Å². The second kappa shape index (κ2) is 10.9. The molecule has 0 radical (unpaired) electrons. The van der Waals surface area contributed by atoms with Gasteiger partial charge in [-0.15, -0.1) is 0 Å². The van der Waals surface area contributed by atoms with E-state index in [0.29, 0.717) is 15.6 Å². The van der Waals surface area contributed by atoms with Crippen molar-refractivity contribution < 1.29 is 14.7 Å². The second-order valence-corrected chi connectivity index (χ2v) is 7.32. The second-order valence-electron chi connectivity index (χ2n) is 5.66. The fourth-order valence-electron chi connectivity index (χ4n) is 2.58. The zero-order valence-corrected chi connectivity index (χ0v) is 18.5. The van der Waals surface area contributed by atoms with Gasteiger partial charge in [0, 0.05) is 10.6 Å². The van der Waals surface area contributed by atoms with Crippen LogP contribution in [0.3, 0.4) is 0 Å². The number of fused-ring (bicyclic) bond motifs is 1. The minimum absolute atomic E-state index is 0.278. The molecule has 156 valence electrons. The van der Waals surface area contributed by atoms with Crippen LogP contribution in [0.1, 0.15) is 11.1 Å². The van der Waals surface area contributed by atoms with Gasteiger partial charge in [0.15, 0.2) is 0 Å². The summed E-state index contributed by atoms with van der Waals surface area (Å²) in [5.74, 6) is 0. The third-order valence-corrected chi connectivity index (χ3v) is 4.89. The Morgan fingerprint density at radius 3 is 2.37 bits per heavy atom. The fraction of sp³-hybridized carbons (Fsp3) is 0.111. The first-order chi connectivity index (χ1) is 14.2. The highest BCUT2D eigenvalue weighted by Crippen LogP contribution is 2.41. The van der Waals surface area contributed by atoms with E-state index in [1.807, 2.05) is 6.07 Å². The predicted octanol–water partition coefficient (Wildman–Crippen LogP) is 7.08. The van der Waals surface area contributed by atoms with Crippen LogP contribution in [0.2, 0.25) is 10.0 Å². The van der Waals surface area contributed by atoms with Crippen molar-refractivity contribution in [3.05, 3.63) is 69.7 Å². The molecule has 0 bridgehead atoms. The Morgan fingerprint density at radius 1 is 1.07 bits per heavy atom. The molecule has 3 rings (SSSR count). The summed E-state index contributed by atoms with van der Waals surface area (Å²) in [5, 5.41) is 20.2. The SMILES string of the molecule is O=C(Cl)C1(N=Nc2cc(Cl)ccc2Cl)c2ccccc2C=CC1O.O=C(Cl)N=NCl. The smallest absolute Gasteiger partial charge is 0.359 e. The molecule has 0 saturated heterocycles. The van der Waals surface area contributed by atoms with Crippen LogP contribution in [0.4, 0.5) is 10.5 Å². The summed E-state index contributed by atoms with van der Waals surface area (Å²) in [6, 6.07) is 11.7. The van der Waals surface area contributed by atoms with Crippen LogP contribution < -0.4 is 0 Å². The topological polar surface area (TPSA) is 104 Å². The van der Waals surface area contributed by atoms with Gasteiger partial charge in [-0.2, -0.15) is 10.2 Å². The van der Waals surface area contributed by atoms with Crippen molar-refractivity contribution in [3.8, 4) is 0 Å². The van der Waals surface area contributed by atoms with Crippen molar-refractivity contribution >= 4 is 80.6 Å². The molecular formula is C18H11Cl5N4O3. The monoisotopic (exact) mass is 506 g/mol. The average molecular weight is 509 g/mol. The van der Waals surface area contributed by atoms with Gasteiger partial charge in [0.25, 0.3) is 5.24 Å². The number of amides is 1. The van der Waals surface area contributed by atoms with Crippen LogP contribution in [-0.2, 0) is 10.3 Å². The van der Waals surface area contributed by atoms with Crippen molar-refractivity contribution in [1.82, 2.24) is 0 Å². The highest BCUT2D eigenvalue weighted by atomic mass is 35.5. The number of carbonyl (C=O) groups excluding carboxylic acids is 2. The van der Waals surface area contributed by atoms with Crippen molar-refractivity contribution in [2.24, 2.45) is 20.0 Å². The number of azo groups is 1. The van der Waals surface area contributed by atoms with Crippen molar-refractivity contribution in [3.63, 3.8) is 0 Å². The van der Waals surface area contributed by atoms with Gasteiger partial charge < -0.3 is 5.11 Å². The number of hydrogen-bond acceptors (Lipinski definition) is 6. The van der Waals surface area contributed by atoms with E-state index in [2.05, 4.69) is 43.4 Å². The molecule has 1 N–H and O–H groups in total. The molecule has 2 unspecified atom stereocenters. The molecule has 2 aromatic carbocycles. The van der Waals surface area contributed by atoms with Crippen molar-refractivity contribution in [2.45, 2.75) is 11.6 Å². The van der Waals surface area contributed by atoms with Crippen molar-refractivity contribution in [2.75, 3.05) is 0 Å². The third kappa shape index (κ3) is 5.63. The fourth-order valence-corrected chi connectivity index (χ4v) is 3.30. The third-order valence-electron chi connectivity index (χ3n) is 3.90. The molecule has 30 heavy (non-hydrogen) atoms. The lowest BCUT2D eigenvalue weighted by Crippen LogP contribution is -2.43. The molecule has 0 heterocycles. The Hall–Kier alpha value is -1.87. The Morgan fingerprint density at radius 2 is 1.77 bits per heavy atom. The van der Waals surface area contributed by atoms with E-state index in [-0.39, 0.29) is 5.69 Å². The standard InChI is InChI=1S/C17H11Cl3N2O2.CCl2N2O/c18-11-6-7-13(19)14(9-11)21-22-17(16(20)24)12-4-2-1-3-10(12)5-8-15(17)23;2-1(6)4-5-3/h1-9,15,23H;. The lowest BCUT2D eigenvalue weighted by molar-refractivity contribution is -0.119. The molecule has 1 aliphatic carbocycles. The molecule has 0 saturated carbocycles. The molecule has 1 amide bonds. The number of nitrogens with zero attached hydrogens (tertiary/aromatic N) is 4. The minimum Gasteiger partial charge on any atom is -0.385 e. The first kappa shape index (κ1) is 24.4. The van der Waals surface area contributed by atoms with Crippen LogP contribution in [0.5, 0.6) is 0 Å². The molecule has 2 aromatic rings. The zero-order chi connectivity index (χ0) is 22.3. The summed E-state index contributed by atoms with van der Waals surface area (Å²) in [5.41, 5.74) is -0.256. The summed E-state index contributed by atoms with van der Waals surface area (Å²) < 4.78 is 2.55. The van der Waals surface area contributed by atoms with Crippen LogP contribution in [0.15, 0.2) is 68.5 Å². The van der Waals surface area contributed by atoms with Crippen LogP contribution in [-0.4, -0.2) is 21.8 Å². The average Bonchev–Trinajstić information content (AvgIpc) is 2.70. The Balaban J connectivity index is 0.000000469. The number of rotatable bonds is 3. The number of carbonyl (C=O) groups is 2. The van der Waals surface area contributed by atoms with E-state index in [4.69, 9.17) is 34.8 Å². The maximum atomic E-state index is 12.2. The van der Waals surface area contributed by atoms with Gasteiger partial charge >= 0.3 is 5.37 Å². The number of benzene rings is 2. The summed E-state index contributed by atoms with van der Waals surface area (Å²) >= 11 is 27.0. The van der Waals surface area contributed by atoms with Crippen LogP contribution >= 0.6 is 58.2 Å². The highest BCUT2D eigenvalue weighted by Gasteiger charge is 2.48. The quantitative estimate of drug-likeness (QED) is 0.272. The van der Waals surface area contributed by atoms with Gasteiger partial charge in [-0.25, -0.2) is 0 Å². The Labute approximate surface area is 196 Å². The van der Waals surface area contributed by atoms with E-state index >= 15 is 0 Å². The molecule has 7 nitrogen and oxygen atoms in total. The molecule has 0 aliphatic heterocycles.